The molecule has 1 heterocycles. The highest BCUT2D eigenvalue weighted by molar-refractivity contribution is 14.1. The smallest absolute Gasteiger partial charge is 0.124 e. The van der Waals surface area contributed by atoms with Gasteiger partial charge in [0.15, 0.2) is 0 Å². The number of ether oxygens (including phenoxy) is 1. The number of halogens is 1. The van der Waals surface area contributed by atoms with Gasteiger partial charge in [0.2, 0.25) is 0 Å². The third-order valence-electron chi connectivity index (χ3n) is 2.78. The van der Waals surface area contributed by atoms with Crippen molar-refractivity contribution in [2.24, 2.45) is 5.84 Å². The van der Waals surface area contributed by atoms with Gasteiger partial charge in [-0.1, -0.05) is 25.1 Å². The molecule has 0 bridgehead atoms. The number of hydrogen-bond acceptors (Lipinski definition) is 4. The molecule has 3 N–H and O–H groups in total. The summed E-state index contributed by atoms with van der Waals surface area (Å²) in [6, 6.07) is 10.2. The Morgan fingerprint density at radius 2 is 2.21 bits per heavy atom. The zero-order valence-corrected chi connectivity index (χ0v) is 13.7. The van der Waals surface area contributed by atoms with Gasteiger partial charge in [0.1, 0.15) is 5.75 Å². The zero-order valence-electron chi connectivity index (χ0n) is 10.7. The zero-order chi connectivity index (χ0) is 13.7. The van der Waals surface area contributed by atoms with Crippen molar-refractivity contribution >= 4 is 33.9 Å². The van der Waals surface area contributed by atoms with E-state index in [-0.39, 0.29) is 6.04 Å². The number of thiophene rings is 1. The fourth-order valence-corrected chi connectivity index (χ4v) is 3.30. The first-order valence-electron chi connectivity index (χ1n) is 6.18. The number of hydrazine groups is 1. The van der Waals surface area contributed by atoms with Crippen LogP contribution in [-0.2, 0) is 0 Å². The van der Waals surface area contributed by atoms with Gasteiger partial charge in [0, 0.05) is 5.56 Å². The van der Waals surface area contributed by atoms with Crippen LogP contribution in [0.25, 0.3) is 0 Å². The molecule has 3 nitrogen and oxygen atoms in total. The molecular weight excluding hydrogens is 371 g/mol. The number of hydrogen-bond donors (Lipinski definition) is 2. The largest absolute Gasteiger partial charge is 0.493 e. The number of benzene rings is 1. The molecule has 0 saturated carbocycles. The van der Waals surface area contributed by atoms with Crippen LogP contribution in [0.3, 0.4) is 0 Å². The Bertz CT molecular complexity index is 530. The molecule has 1 unspecified atom stereocenters. The lowest BCUT2D eigenvalue weighted by molar-refractivity contribution is 0.312. The summed E-state index contributed by atoms with van der Waals surface area (Å²) in [5, 5.41) is 2.13. The van der Waals surface area contributed by atoms with Crippen LogP contribution in [0.1, 0.15) is 30.5 Å². The second-order valence-corrected chi connectivity index (χ2v) is 6.98. The summed E-state index contributed by atoms with van der Waals surface area (Å²) >= 11 is 4.04. The molecule has 0 amide bonds. The predicted molar refractivity (Wildman–Crippen MR) is 88.4 cm³/mol. The van der Waals surface area contributed by atoms with Crippen LogP contribution in [0.15, 0.2) is 35.7 Å². The van der Waals surface area contributed by atoms with E-state index in [0.29, 0.717) is 0 Å². The molecule has 102 valence electrons. The van der Waals surface area contributed by atoms with E-state index < -0.39 is 0 Å². The van der Waals surface area contributed by atoms with Crippen LogP contribution in [0, 0.1) is 2.88 Å². The fourth-order valence-electron chi connectivity index (χ4n) is 1.90. The number of nitrogens with one attached hydrogen (secondary N) is 1. The minimum atomic E-state index is -0.0344. The lowest BCUT2D eigenvalue weighted by Crippen LogP contribution is -2.29. The average Bonchev–Trinajstić information content (AvgIpc) is 2.85. The Hall–Kier alpha value is -0.630. The van der Waals surface area contributed by atoms with Gasteiger partial charge >= 0.3 is 0 Å². The molecule has 5 heteroatoms. The standard InChI is InChI=1S/C14H17IN2OS/c1-2-7-18-12-6-4-3-5-11(12)14(17-16)10-8-13(15)19-9-10/h3-6,8-9,14,17H,2,7,16H2,1H3. The van der Waals surface area contributed by atoms with Crippen molar-refractivity contribution in [1.29, 1.82) is 0 Å². The van der Waals surface area contributed by atoms with Crippen LogP contribution in [0.4, 0.5) is 0 Å². The highest BCUT2D eigenvalue weighted by atomic mass is 127. The highest BCUT2D eigenvalue weighted by Gasteiger charge is 2.17. The Morgan fingerprint density at radius 1 is 1.42 bits per heavy atom. The maximum Gasteiger partial charge on any atom is 0.124 e. The topological polar surface area (TPSA) is 47.3 Å². The van der Waals surface area contributed by atoms with Crippen molar-refractivity contribution in [3.8, 4) is 5.75 Å². The van der Waals surface area contributed by atoms with Crippen LogP contribution >= 0.6 is 33.9 Å². The lowest BCUT2D eigenvalue weighted by Gasteiger charge is -2.19. The van der Waals surface area contributed by atoms with Crippen molar-refractivity contribution < 1.29 is 4.74 Å². The SMILES string of the molecule is CCCOc1ccccc1C(NN)c1csc(I)c1. The lowest BCUT2D eigenvalue weighted by atomic mass is 10.0. The molecule has 1 atom stereocenters. The molecule has 0 aliphatic carbocycles. The first kappa shape index (κ1) is 14.8. The number of rotatable bonds is 6. The van der Waals surface area contributed by atoms with Gasteiger partial charge in [-0.15, -0.1) is 11.3 Å². The molecular formula is C14H17IN2OS. The maximum atomic E-state index is 5.80. The quantitative estimate of drug-likeness (QED) is 0.451. The highest BCUT2D eigenvalue weighted by Crippen LogP contribution is 2.32. The average molecular weight is 388 g/mol. The van der Waals surface area contributed by atoms with Gasteiger partial charge in [0.05, 0.1) is 15.5 Å². The Balaban J connectivity index is 2.32. The number of nitrogens with two attached hydrogens (primary N) is 1. The first-order valence-corrected chi connectivity index (χ1v) is 8.14. The van der Waals surface area contributed by atoms with E-state index in [4.69, 9.17) is 10.6 Å². The van der Waals surface area contributed by atoms with Gasteiger partial charge in [-0.25, -0.2) is 5.43 Å². The summed E-state index contributed by atoms with van der Waals surface area (Å²) in [4.78, 5) is 0. The second-order valence-electron chi connectivity index (χ2n) is 4.17. The van der Waals surface area contributed by atoms with Crippen molar-refractivity contribution in [2.75, 3.05) is 6.61 Å². The van der Waals surface area contributed by atoms with Gasteiger partial charge in [-0.3, -0.25) is 5.84 Å². The Kier molecular flexibility index (Phi) is 5.62. The van der Waals surface area contributed by atoms with Crippen LogP contribution < -0.4 is 16.0 Å². The molecule has 2 aromatic rings. The molecule has 0 aliphatic rings. The third kappa shape index (κ3) is 3.68. The van der Waals surface area contributed by atoms with E-state index >= 15 is 0 Å². The molecule has 0 aliphatic heterocycles. The summed E-state index contributed by atoms with van der Waals surface area (Å²) in [6.45, 7) is 2.82. The molecule has 1 aromatic heterocycles. The summed E-state index contributed by atoms with van der Waals surface area (Å²) in [5.41, 5.74) is 5.14. The molecule has 0 fully saturated rings. The van der Waals surface area contributed by atoms with E-state index in [1.165, 1.54) is 8.45 Å². The van der Waals surface area contributed by atoms with E-state index in [1.807, 2.05) is 18.2 Å². The normalized spacial score (nSPS) is 12.4. The van der Waals surface area contributed by atoms with E-state index in [1.54, 1.807) is 11.3 Å². The van der Waals surface area contributed by atoms with E-state index in [9.17, 15) is 0 Å². The predicted octanol–water partition coefficient (Wildman–Crippen LogP) is 3.69. The molecule has 0 spiro atoms. The third-order valence-corrected chi connectivity index (χ3v) is 4.59. The first-order chi connectivity index (χ1) is 9.26. The monoisotopic (exact) mass is 388 g/mol. The minimum absolute atomic E-state index is 0.0344. The van der Waals surface area contributed by atoms with Gasteiger partial charge in [0.25, 0.3) is 0 Å². The molecule has 2 rings (SSSR count). The van der Waals surface area contributed by atoms with Crippen molar-refractivity contribution in [1.82, 2.24) is 5.43 Å². The minimum Gasteiger partial charge on any atom is -0.493 e. The van der Waals surface area contributed by atoms with E-state index in [2.05, 4.69) is 52.5 Å². The fraction of sp³-hybridized carbons (Fsp3) is 0.286. The van der Waals surface area contributed by atoms with Crippen LogP contribution in [0.5, 0.6) is 5.75 Å². The summed E-state index contributed by atoms with van der Waals surface area (Å²) in [7, 11) is 0. The van der Waals surface area contributed by atoms with Gasteiger partial charge in [-0.2, -0.15) is 0 Å². The molecule has 0 saturated heterocycles. The number of para-hydroxylation sites is 1. The molecule has 19 heavy (non-hydrogen) atoms. The van der Waals surface area contributed by atoms with Crippen LogP contribution in [-0.4, -0.2) is 6.61 Å². The Labute approximate surface area is 131 Å². The molecule has 0 radical (unpaired) electrons. The van der Waals surface area contributed by atoms with Crippen LogP contribution in [0.2, 0.25) is 0 Å². The summed E-state index contributed by atoms with van der Waals surface area (Å²) in [5.74, 6) is 6.64. The maximum absolute atomic E-state index is 5.80. The van der Waals surface area contributed by atoms with Gasteiger partial charge in [-0.05, 0) is 52.1 Å². The van der Waals surface area contributed by atoms with Gasteiger partial charge < -0.3 is 4.74 Å². The van der Waals surface area contributed by atoms with Crippen molar-refractivity contribution in [2.45, 2.75) is 19.4 Å². The van der Waals surface area contributed by atoms with Crippen molar-refractivity contribution in [3.63, 3.8) is 0 Å². The summed E-state index contributed by atoms with van der Waals surface area (Å²) in [6.07, 6.45) is 0.991. The summed E-state index contributed by atoms with van der Waals surface area (Å²) < 4.78 is 7.05. The second kappa shape index (κ2) is 7.23. The Morgan fingerprint density at radius 3 is 2.84 bits per heavy atom. The molecule has 1 aromatic carbocycles. The van der Waals surface area contributed by atoms with E-state index in [0.717, 1.165) is 24.3 Å². The van der Waals surface area contributed by atoms with Crippen molar-refractivity contribution in [3.05, 3.63) is 49.7 Å².